The van der Waals surface area contributed by atoms with Gasteiger partial charge in [0.05, 0.1) is 0 Å². The van der Waals surface area contributed by atoms with Gasteiger partial charge in [-0.3, -0.25) is 0 Å². The Morgan fingerprint density at radius 2 is 2.00 bits per heavy atom. The molecule has 1 N–H and O–H groups in total. The number of hydrogen-bond donors (Lipinski definition) is 1. The molecule has 104 valence electrons. The molecule has 0 saturated heterocycles. The van der Waals surface area contributed by atoms with Crippen LogP contribution >= 0.6 is 0 Å². The van der Waals surface area contributed by atoms with Crippen LogP contribution < -0.4 is 4.90 Å². The molecule has 0 unspecified atom stereocenters. The van der Waals surface area contributed by atoms with E-state index < -0.39 is 17.7 Å². The van der Waals surface area contributed by atoms with Crippen molar-refractivity contribution >= 4 is 18.0 Å². The number of aromatic nitrogens is 3. The highest BCUT2D eigenvalue weighted by molar-refractivity contribution is 5.88. The molecule has 0 aromatic carbocycles. The Hall–Kier alpha value is -2.12. The lowest BCUT2D eigenvalue weighted by molar-refractivity contribution is 0.0570. The van der Waals surface area contributed by atoms with E-state index in [1.54, 1.807) is 20.8 Å². The summed E-state index contributed by atoms with van der Waals surface area (Å²) in [5, 5.41) is 12.7. The van der Waals surface area contributed by atoms with Crippen molar-refractivity contribution in [2.75, 3.05) is 11.4 Å². The molecule has 1 aliphatic rings. The van der Waals surface area contributed by atoms with Crippen molar-refractivity contribution in [1.29, 1.82) is 0 Å². The normalized spacial score (nSPS) is 15.0. The molecule has 0 saturated carbocycles. The molecule has 0 atom stereocenters. The van der Waals surface area contributed by atoms with Crippen molar-refractivity contribution in [3.05, 3.63) is 5.82 Å². The molecule has 8 nitrogen and oxygen atoms in total. The van der Waals surface area contributed by atoms with Crippen LogP contribution in [-0.4, -0.2) is 44.1 Å². The van der Waals surface area contributed by atoms with Crippen molar-refractivity contribution in [2.24, 2.45) is 0 Å². The van der Waals surface area contributed by atoms with Crippen molar-refractivity contribution in [1.82, 2.24) is 14.8 Å². The van der Waals surface area contributed by atoms with E-state index in [1.165, 1.54) is 9.58 Å². The summed E-state index contributed by atoms with van der Waals surface area (Å²) >= 11 is 0. The third-order valence-electron chi connectivity index (χ3n) is 2.45. The molecule has 0 radical (unpaired) electrons. The van der Waals surface area contributed by atoms with Crippen LogP contribution in [0.25, 0.3) is 0 Å². The number of aromatic carboxylic acids is 1. The van der Waals surface area contributed by atoms with Crippen LogP contribution in [-0.2, 0) is 11.3 Å². The number of ether oxygens (including phenoxy) is 1. The van der Waals surface area contributed by atoms with Gasteiger partial charge in [0, 0.05) is 13.1 Å². The van der Waals surface area contributed by atoms with Crippen LogP contribution in [0.3, 0.4) is 0 Å². The number of amides is 1. The fourth-order valence-corrected chi connectivity index (χ4v) is 1.74. The number of rotatable bonds is 1. The van der Waals surface area contributed by atoms with Gasteiger partial charge in [0.25, 0.3) is 5.82 Å². The van der Waals surface area contributed by atoms with E-state index in [2.05, 4.69) is 10.1 Å². The highest BCUT2D eigenvalue weighted by Crippen LogP contribution is 2.21. The summed E-state index contributed by atoms with van der Waals surface area (Å²) in [5.74, 6) is -1.31. The largest absolute Gasteiger partial charge is 0.475 e. The lowest BCUT2D eigenvalue weighted by atomic mass is 10.2. The first-order valence-corrected chi connectivity index (χ1v) is 5.96. The van der Waals surface area contributed by atoms with Gasteiger partial charge >= 0.3 is 12.1 Å². The van der Waals surface area contributed by atoms with Crippen LogP contribution in [0, 0.1) is 0 Å². The zero-order valence-corrected chi connectivity index (χ0v) is 11.1. The van der Waals surface area contributed by atoms with Crippen LogP contribution in [0.5, 0.6) is 0 Å². The second kappa shape index (κ2) is 4.52. The van der Waals surface area contributed by atoms with Crippen molar-refractivity contribution in [3.8, 4) is 0 Å². The average molecular weight is 268 g/mol. The van der Waals surface area contributed by atoms with Gasteiger partial charge in [-0.1, -0.05) is 0 Å². The van der Waals surface area contributed by atoms with Crippen LogP contribution in [0.2, 0.25) is 0 Å². The SMILES string of the molecule is CC(C)(C)OC(=O)N1CCCn2nc(C(=O)O)nc21. The number of fused-ring (bicyclic) bond motifs is 1. The number of nitrogens with zero attached hydrogens (tertiary/aromatic N) is 4. The Morgan fingerprint density at radius 1 is 1.32 bits per heavy atom. The van der Waals surface area contributed by atoms with E-state index in [0.717, 1.165) is 0 Å². The lowest BCUT2D eigenvalue weighted by Crippen LogP contribution is -2.41. The predicted octanol–water partition coefficient (Wildman–Crippen LogP) is 1.12. The Balaban J connectivity index is 2.26. The third-order valence-corrected chi connectivity index (χ3v) is 2.45. The summed E-state index contributed by atoms with van der Waals surface area (Å²) in [7, 11) is 0. The second-order valence-corrected chi connectivity index (χ2v) is 5.25. The molecule has 2 rings (SSSR count). The molecule has 0 aliphatic carbocycles. The first-order chi connectivity index (χ1) is 8.78. The first-order valence-electron chi connectivity index (χ1n) is 5.96. The molecule has 0 fully saturated rings. The summed E-state index contributed by atoms with van der Waals surface area (Å²) in [6.45, 7) is 6.27. The summed E-state index contributed by atoms with van der Waals surface area (Å²) < 4.78 is 6.68. The average Bonchev–Trinajstić information content (AvgIpc) is 2.69. The number of carboxylic acids is 1. The molecule has 8 heteroatoms. The Kier molecular flexibility index (Phi) is 3.17. The van der Waals surface area contributed by atoms with Crippen LogP contribution in [0.4, 0.5) is 10.7 Å². The molecule has 0 bridgehead atoms. The minimum absolute atomic E-state index is 0.220. The maximum absolute atomic E-state index is 12.0. The Labute approximate surface area is 110 Å². The van der Waals surface area contributed by atoms with Crippen molar-refractivity contribution in [2.45, 2.75) is 39.3 Å². The number of hydrogen-bond acceptors (Lipinski definition) is 5. The summed E-state index contributed by atoms with van der Waals surface area (Å²) in [6.07, 6.45) is 0.132. The molecule has 19 heavy (non-hydrogen) atoms. The van der Waals surface area contributed by atoms with Gasteiger partial charge in [0.15, 0.2) is 0 Å². The van der Waals surface area contributed by atoms with E-state index in [9.17, 15) is 9.59 Å². The molecular formula is C11H16N4O4. The van der Waals surface area contributed by atoms with Crippen molar-refractivity contribution < 1.29 is 19.4 Å². The van der Waals surface area contributed by atoms with E-state index in [0.29, 0.717) is 19.5 Å². The number of carboxylic acid groups (broad SMARTS) is 1. The quantitative estimate of drug-likeness (QED) is 0.819. The fourth-order valence-electron chi connectivity index (χ4n) is 1.74. The maximum Gasteiger partial charge on any atom is 0.417 e. The molecule has 1 aromatic rings. The van der Waals surface area contributed by atoms with E-state index in [-0.39, 0.29) is 11.8 Å². The monoisotopic (exact) mass is 268 g/mol. The zero-order chi connectivity index (χ0) is 14.2. The van der Waals surface area contributed by atoms with Gasteiger partial charge in [-0.05, 0) is 27.2 Å². The Bertz CT molecular complexity index is 517. The van der Waals surface area contributed by atoms with Gasteiger partial charge in [0.2, 0.25) is 5.95 Å². The minimum atomic E-state index is -1.22. The lowest BCUT2D eigenvalue weighted by Gasteiger charge is -2.28. The van der Waals surface area contributed by atoms with Gasteiger partial charge in [-0.25, -0.2) is 19.2 Å². The topological polar surface area (TPSA) is 97.6 Å². The highest BCUT2D eigenvalue weighted by Gasteiger charge is 2.31. The second-order valence-electron chi connectivity index (χ2n) is 5.25. The molecule has 2 heterocycles. The predicted molar refractivity (Wildman–Crippen MR) is 65.2 cm³/mol. The van der Waals surface area contributed by atoms with E-state index >= 15 is 0 Å². The van der Waals surface area contributed by atoms with E-state index in [4.69, 9.17) is 9.84 Å². The van der Waals surface area contributed by atoms with E-state index in [1.807, 2.05) is 0 Å². The van der Waals surface area contributed by atoms with Gasteiger partial charge in [0.1, 0.15) is 5.60 Å². The smallest absolute Gasteiger partial charge is 0.417 e. The maximum atomic E-state index is 12.0. The Morgan fingerprint density at radius 3 is 2.58 bits per heavy atom. The number of carbonyl (C=O) groups is 2. The zero-order valence-electron chi connectivity index (χ0n) is 11.1. The first kappa shape index (κ1) is 13.3. The molecule has 1 amide bonds. The minimum Gasteiger partial charge on any atom is -0.475 e. The molecule has 1 aromatic heterocycles. The van der Waals surface area contributed by atoms with Crippen molar-refractivity contribution in [3.63, 3.8) is 0 Å². The summed E-state index contributed by atoms with van der Waals surface area (Å²) in [5.41, 5.74) is -0.616. The fraction of sp³-hybridized carbons (Fsp3) is 0.636. The third kappa shape index (κ3) is 2.83. The summed E-state index contributed by atoms with van der Waals surface area (Å²) in [4.78, 5) is 28.1. The summed E-state index contributed by atoms with van der Waals surface area (Å²) in [6, 6.07) is 0. The number of anilines is 1. The highest BCUT2D eigenvalue weighted by atomic mass is 16.6. The number of carbonyl (C=O) groups excluding carboxylic acids is 1. The molecular weight excluding hydrogens is 252 g/mol. The van der Waals surface area contributed by atoms with Crippen LogP contribution in [0.1, 0.15) is 37.8 Å². The standard InChI is InChI=1S/C11H16N4O4/c1-11(2,3)19-10(18)14-5-4-6-15-9(14)12-7(13-15)8(16)17/h4-6H2,1-3H3,(H,16,17). The van der Waals surface area contributed by atoms with Gasteiger partial charge in [-0.2, -0.15) is 4.98 Å². The number of aryl methyl sites for hydroxylation is 1. The van der Waals surface area contributed by atoms with Gasteiger partial charge in [-0.15, -0.1) is 5.10 Å². The van der Waals surface area contributed by atoms with Gasteiger partial charge < -0.3 is 9.84 Å². The van der Waals surface area contributed by atoms with Crippen LogP contribution in [0.15, 0.2) is 0 Å². The molecule has 0 spiro atoms. The molecule has 1 aliphatic heterocycles.